The van der Waals surface area contributed by atoms with Crippen LogP contribution in [0.4, 0.5) is 0 Å². The molecule has 0 radical (unpaired) electrons. The van der Waals surface area contributed by atoms with Crippen molar-refractivity contribution in [2.45, 2.75) is 58.0 Å². The summed E-state index contributed by atoms with van der Waals surface area (Å²) in [7, 11) is -3.85. The zero-order valence-electron chi connectivity index (χ0n) is 20.3. The van der Waals surface area contributed by atoms with Crippen molar-refractivity contribution in [2.75, 3.05) is 12.9 Å². The first-order chi connectivity index (χ1) is 16.6. The van der Waals surface area contributed by atoms with Gasteiger partial charge in [-0.25, -0.2) is 13.1 Å². The van der Waals surface area contributed by atoms with Gasteiger partial charge in [-0.2, -0.15) is 5.10 Å². The van der Waals surface area contributed by atoms with Gasteiger partial charge < -0.3 is 10.1 Å². The van der Waals surface area contributed by atoms with Gasteiger partial charge in [0, 0.05) is 24.7 Å². The molecule has 2 amide bonds. The van der Waals surface area contributed by atoms with E-state index in [0.717, 1.165) is 37.0 Å². The Hall–Kier alpha value is -3.14. The first kappa shape index (κ1) is 25.0. The van der Waals surface area contributed by atoms with Crippen molar-refractivity contribution >= 4 is 27.4 Å². The lowest BCUT2D eigenvalue weighted by atomic mass is 9.79. The monoisotopic (exact) mass is 500 g/mol. The van der Waals surface area contributed by atoms with E-state index in [1.807, 2.05) is 46.8 Å². The highest BCUT2D eigenvalue weighted by molar-refractivity contribution is 7.89. The maximum Gasteiger partial charge on any atom is 0.270 e. The molecule has 1 aromatic heterocycles. The molecule has 2 aromatic rings. The number of unbranched alkanes of at least 4 members (excludes halogenated alkanes) is 1. The predicted octanol–water partition coefficient (Wildman–Crippen LogP) is 2.74. The standard InChI is InChI=1S/C25H32N4O5S/c1-4-5-14-34-19-10-8-18(9-11-19)25(2)15-20(21-12-13-29(27-21)16-17-6-7-17)22(23(30)26-25)24(31)28-35(3,32)33/h8-13,17H,4-7,14-16H2,1-3H3,(H,26,30)(H,28,31)/t25-/m0/s1. The van der Waals surface area contributed by atoms with Gasteiger partial charge in [0.05, 0.1) is 24.1 Å². The summed E-state index contributed by atoms with van der Waals surface area (Å²) in [5, 5.41) is 7.54. The minimum atomic E-state index is -3.85. The molecule has 1 aliphatic carbocycles. The molecule has 0 bridgehead atoms. The average molecular weight is 501 g/mol. The van der Waals surface area contributed by atoms with Crippen LogP contribution in [0.15, 0.2) is 42.1 Å². The third-order valence-corrected chi connectivity index (χ3v) is 6.86. The molecule has 188 valence electrons. The van der Waals surface area contributed by atoms with Crippen molar-refractivity contribution in [2.24, 2.45) is 5.92 Å². The first-order valence-corrected chi connectivity index (χ1v) is 13.8. The maximum absolute atomic E-state index is 13.2. The summed E-state index contributed by atoms with van der Waals surface area (Å²) < 4.78 is 32.9. The third-order valence-electron chi connectivity index (χ3n) is 6.30. The van der Waals surface area contributed by atoms with E-state index in [4.69, 9.17) is 4.74 Å². The van der Waals surface area contributed by atoms with Crippen LogP contribution in [0.3, 0.4) is 0 Å². The lowest BCUT2D eigenvalue weighted by molar-refractivity contribution is -0.124. The predicted molar refractivity (Wildman–Crippen MR) is 132 cm³/mol. The Morgan fingerprint density at radius 3 is 2.60 bits per heavy atom. The zero-order chi connectivity index (χ0) is 25.2. The molecule has 2 heterocycles. The third kappa shape index (κ3) is 6.11. The quantitative estimate of drug-likeness (QED) is 0.382. The molecule has 2 N–H and O–H groups in total. The summed E-state index contributed by atoms with van der Waals surface area (Å²) in [6.45, 7) is 5.40. The highest BCUT2D eigenvalue weighted by Crippen LogP contribution is 2.39. The summed E-state index contributed by atoms with van der Waals surface area (Å²) in [6.07, 6.45) is 7.32. The molecule has 0 saturated heterocycles. The molecule has 2 aliphatic rings. The van der Waals surface area contributed by atoms with E-state index in [0.29, 0.717) is 23.8 Å². The van der Waals surface area contributed by atoms with Gasteiger partial charge in [0.15, 0.2) is 0 Å². The number of carbonyl (C=O) groups is 2. The number of nitrogens with zero attached hydrogens (tertiary/aromatic N) is 2. The summed E-state index contributed by atoms with van der Waals surface area (Å²) in [4.78, 5) is 26.1. The Morgan fingerprint density at radius 1 is 1.26 bits per heavy atom. The SMILES string of the molecule is CCCCOc1ccc([C@]2(C)CC(c3ccn(CC4CC4)n3)=C(C(=O)NS(C)(=O)=O)C(=O)N2)cc1. The van der Waals surface area contributed by atoms with Crippen LogP contribution in [0.2, 0.25) is 0 Å². The van der Waals surface area contributed by atoms with E-state index in [2.05, 4.69) is 17.3 Å². The average Bonchev–Trinajstić information content (AvgIpc) is 3.46. The van der Waals surface area contributed by atoms with E-state index < -0.39 is 27.4 Å². The van der Waals surface area contributed by atoms with Crippen molar-refractivity contribution in [3.8, 4) is 5.75 Å². The van der Waals surface area contributed by atoms with Gasteiger partial charge in [0.25, 0.3) is 11.8 Å². The molecule has 0 spiro atoms. The Bertz CT molecular complexity index is 1240. The second kappa shape index (κ2) is 9.85. The fourth-order valence-corrected chi connectivity index (χ4v) is 4.67. The highest BCUT2D eigenvalue weighted by Gasteiger charge is 2.41. The molecule has 35 heavy (non-hydrogen) atoms. The first-order valence-electron chi connectivity index (χ1n) is 11.9. The Morgan fingerprint density at radius 2 is 1.97 bits per heavy atom. The van der Waals surface area contributed by atoms with Gasteiger partial charge in [0.1, 0.15) is 11.3 Å². The number of ether oxygens (including phenoxy) is 1. The molecule has 1 fully saturated rings. The van der Waals surface area contributed by atoms with Crippen LogP contribution < -0.4 is 14.8 Å². The second-order valence-corrected chi connectivity index (χ2v) is 11.4. The number of amides is 2. The summed E-state index contributed by atoms with van der Waals surface area (Å²) in [5.41, 5.74) is 0.680. The number of sulfonamides is 1. The topological polar surface area (TPSA) is 119 Å². The van der Waals surface area contributed by atoms with Crippen LogP contribution in [0.1, 0.15) is 57.2 Å². The van der Waals surface area contributed by atoms with Crippen LogP contribution in [-0.4, -0.2) is 42.9 Å². The molecule has 1 saturated carbocycles. The van der Waals surface area contributed by atoms with Crippen LogP contribution in [-0.2, 0) is 31.7 Å². The molecule has 4 rings (SSSR count). The minimum absolute atomic E-state index is 0.232. The largest absolute Gasteiger partial charge is 0.494 e. The van der Waals surface area contributed by atoms with Gasteiger partial charge in [-0.3, -0.25) is 14.3 Å². The number of aromatic nitrogens is 2. The number of rotatable bonds is 10. The fraction of sp³-hybridized carbons (Fsp3) is 0.480. The minimum Gasteiger partial charge on any atom is -0.494 e. The highest BCUT2D eigenvalue weighted by atomic mass is 32.2. The van der Waals surface area contributed by atoms with Crippen LogP contribution in [0.5, 0.6) is 5.75 Å². The van der Waals surface area contributed by atoms with Crippen molar-refractivity contribution in [1.82, 2.24) is 19.8 Å². The molecule has 9 nitrogen and oxygen atoms in total. The van der Waals surface area contributed by atoms with Crippen molar-refractivity contribution in [3.63, 3.8) is 0 Å². The van der Waals surface area contributed by atoms with Crippen LogP contribution >= 0.6 is 0 Å². The number of hydrogen-bond acceptors (Lipinski definition) is 6. The normalized spacial score (nSPS) is 20.5. The smallest absolute Gasteiger partial charge is 0.270 e. The van der Waals surface area contributed by atoms with Crippen LogP contribution in [0, 0.1) is 5.92 Å². The molecular formula is C25H32N4O5S. The molecule has 0 unspecified atom stereocenters. The molecule has 1 aromatic carbocycles. The lowest BCUT2D eigenvalue weighted by Crippen LogP contribution is -2.50. The number of hydrogen-bond donors (Lipinski definition) is 2. The number of nitrogens with one attached hydrogen (secondary N) is 2. The molecule has 1 aliphatic heterocycles. The molecule has 10 heteroatoms. The Kier molecular flexibility index (Phi) is 7.02. The van der Waals surface area contributed by atoms with Gasteiger partial charge in [-0.1, -0.05) is 25.5 Å². The number of carbonyl (C=O) groups excluding carboxylic acids is 2. The van der Waals surface area contributed by atoms with Gasteiger partial charge in [-0.05, 0) is 55.9 Å². The van der Waals surface area contributed by atoms with E-state index in [9.17, 15) is 18.0 Å². The van der Waals surface area contributed by atoms with Crippen molar-refractivity contribution in [1.29, 1.82) is 0 Å². The summed E-state index contributed by atoms with van der Waals surface area (Å²) >= 11 is 0. The van der Waals surface area contributed by atoms with Gasteiger partial charge >= 0.3 is 0 Å². The molecular weight excluding hydrogens is 468 g/mol. The second-order valence-electron chi connectivity index (χ2n) is 9.61. The molecule has 1 atom stereocenters. The van der Waals surface area contributed by atoms with Crippen molar-refractivity contribution in [3.05, 3.63) is 53.4 Å². The maximum atomic E-state index is 13.2. The van der Waals surface area contributed by atoms with E-state index in [-0.39, 0.29) is 12.0 Å². The zero-order valence-corrected chi connectivity index (χ0v) is 21.2. The van der Waals surface area contributed by atoms with Gasteiger partial charge in [-0.15, -0.1) is 0 Å². The van der Waals surface area contributed by atoms with E-state index in [1.54, 1.807) is 6.07 Å². The fourth-order valence-electron chi connectivity index (χ4n) is 4.23. The lowest BCUT2D eigenvalue weighted by Gasteiger charge is -2.37. The Labute approximate surface area is 206 Å². The van der Waals surface area contributed by atoms with E-state index >= 15 is 0 Å². The summed E-state index contributed by atoms with van der Waals surface area (Å²) in [6, 6.07) is 9.29. The summed E-state index contributed by atoms with van der Waals surface area (Å²) in [5.74, 6) is -0.258. The van der Waals surface area contributed by atoms with Crippen molar-refractivity contribution < 1.29 is 22.7 Å². The van der Waals surface area contributed by atoms with E-state index in [1.165, 1.54) is 12.8 Å². The number of benzene rings is 1. The van der Waals surface area contributed by atoms with Crippen LogP contribution in [0.25, 0.3) is 5.57 Å². The van der Waals surface area contributed by atoms with Gasteiger partial charge in [0.2, 0.25) is 10.0 Å². The Balaban J connectivity index is 1.67.